The standard InChI is InChI=1S/C17H15ClN4O2/c1-11-14(18)5-2-6-15(11)22-16(23)12-8-19-17(20-9-12)21-10-13-4-3-7-24-13/h2-9H,10H2,1H3,(H,22,23)(H,19,20,21). The van der Waals surface area contributed by atoms with Crippen LogP contribution < -0.4 is 10.6 Å². The summed E-state index contributed by atoms with van der Waals surface area (Å²) in [5, 5.41) is 6.42. The molecule has 3 aromatic rings. The Morgan fingerprint density at radius 2 is 2.00 bits per heavy atom. The van der Waals surface area contributed by atoms with Gasteiger partial charge in [-0.05, 0) is 36.8 Å². The van der Waals surface area contributed by atoms with Crippen LogP contribution in [-0.2, 0) is 6.54 Å². The Bertz CT molecular complexity index is 832. The second kappa shape index (κ2) is 7.14. The van der Waals surface area contributed by atoms with Gasteiger partial charge in [-0.25, -0.2) is 9.97 Å². The molecule has 0 saturated carbocycles. The summed E-state index contributed by atoms with van der Waals surface area (Å²) in [7, 11) is 0. The predicted molar refractivity (Wildman–Crippen MR) is 92.2 cm³/mol. The molecule has 1 amide bonds. The number of hydrogen-bond acceptors (Lipinski definition) is 5. The van der Waals surface area contributed by atoms with Gasteiger partial charge in [0.1, 0.15) is 5.76 Å². The van der Waals surface area contributed by atoms with Crippen molar-refractivity contribution < 1.29 is 9.21 Å². The van der Waals surface area contributed by atoms with Crippen LogP contribution >= 0.6 is 11.6 Å². The Balaban J connectivity index is 1.64. The van der Waals surface area contributed by atoms with E-state index in [4.69, 9.17) is 16.0 Å². The van der Waals surface area contributed by atoms with Crippen LogP contribution in [0.3, 0.4) is 0 Å². The molecule has 2 aromatic heterocycles. The SMILES string of the molecule is Cc1c(Cl)cccc1NC(=O)c1cnc(NCc2ccco2)nc1. The number of carbonyl (C=O) groups excluding carboxylic acids is 1. The lowest BCUT2D eigenvalue weighted by atomic mass is 10.2. The van der Waals surface area contributed by atoms with Gasteiger partial charge in [0.05, 0.1) is 18.4 Å². The average molecular weight is 343 g/mol. The first-order chi connectivity index (χ1) is 11.6. The van der Waals surface area contributed by atoms with Crippen molar-refractivity contribution in [1.29, 1.82) is 0 Å². The first kappa shape index (κ1) is 16.0. The van der Waals surface area contributed by atoms with E-state index in [1.54, 1.807) is 24.5 Å². The van der Waals surface area contributed by atoms with Crippen molar-refractivity contribution in [3.8, 4) is 0 Å². The molecule has 0 fully saturated rings. The first-order valence-electron chi connectivity index (χ1n) is 7.28. The lowest BCUT2D eigenvalue weighted by Gasteiger charge is -2.09. The monoisotopic (exact) mass is 342 g/mol. The van der Waals surface area contributed by atoms with E-state index in [9.17, 15) is 4.79 Å². The maximum absolute atomic E-state index is 12.3. The molecule has 0 radical (unpaired) electrons. The highest BCUT2D eigenvalue weighted by atomic mass is 35.5. The van der Waals surface area contributed by atoms with E-state index < -0.39 is 0 Å². The van der Waals surface area contributed by atoms with E-state index in [1.807, 2.05) is 19.1 Å². The van der Waals surface area contributed by atoms with Crippen molar-refractivity contribution in [2.45, 2.75) is 13.5 Å². The topological polar surface area (TPSA) is 80.0 Å². The highest BCUT2D eigenvalue weighted by molar-refractivity contribution is 6.31. The highest BCUT2D eigenvalue weighted by Crippen LogP contribution is 2.23. The Morgan fingerprint density at radius 3 is 2.71 bits per heavy atom. The summed E-state index contributed by atoms with van der Waals surface area (Å²) in [5.74, 6) is 0.900. The van der Waals surface area contributed by atoms with Crippen molar-refractivity contribution in [3.05, 3.63) is 70.9 Å². The number of nitrogens with one attached hydrogen (secondary N) is 2. The van der Waals surface area contributed by atoms with Gasteiger partial charge >= 0.3 is 0 Å². The maximum Gasteiger partial charge on any atom is 0.258 e. The second-order valence-corrected chi connectivity index (χ2v) is 5.50. The van der Waals surface area contributed by atoms with E-state index in [-0.39, 0.29) is 5.91 Å². The molecular formula is C17H15ClN4O2. The molecule has 0 aliphatic heterocycles. The fraction of sp³-hybridized carbons (Fsp3) is 0.118. The fourth-order valence-corrected chi connectivity index (χ4v) is 2.23. The summed E-state index contributed by atoms with van der Waals surface area (Å²) < 4.78 is 5.21. The van der Waals surface area contributed by atoms with Crippen molar-refractivity contribution in [2.75, 3.05) is 10.6 Å². The van der Waals surface area contributed by atoms with Gasteiger partial charge in [0.15, 0.2) is 0 Å². The zero-order valence-corrected chi connectivity index (χ0v) is 13.7. The third-order valence-electron chi connectivity index (χ3n) is 3.43. The molecule has 2 N–H and O–H groups in total. The summed E-state index contributed by atoms with van der Waals surface area (Å²) in [5.41, 5.74) is 1.83. The molecule has 0 spiro atoms. The number of amides is 1. The number of nitrogens with zero attached hydrogens (tertiary/aromatic N) is 2. The van der Waals surface area contributed by atoms with Crippen LogP contribution in [0.1, 0.15) is 21.7 Å². The number of hydrogen-bond donors (Lipinski definition) is 2. The third-order valence-corrected chi connectivity index (χ3v) is 3.84. The second-order valence-electron chi connectivity index (χ2n) is 5.09. The predicted octanol–water partition coefficient (Wildman–Crippen LogP) is 3.90. The molecule has 0 atom stereocenters. The number of aromatic nitrogens is 2. The number of carbonyl (C=O) groups is 1. The molecule has 24 heavy (non-hydrogen) atoms. The van der Waals surface area contributed by atoms with Gasteiger partial charge in [-0.1, -0.05) is 17.7 Å². The van der Waals surface area contributed by atoms with Gasteiger partial charge in [-0.15, -0.1) is 0 Å². The molecule has 0 unspecified atom stereocenters. The van der Waals surface area contributed by atoms with Crippen LogP contribution in [-0.4, -0.2) is 15.9 Å². The molecule has 6 nitrogen and oxygen atoms in total. The van der Waals surface area contributed by atoms with E-state index in [2.05, 4.69) is 20.6 Å². The van der Waals surface area contributed by atoms with Crippen molar-refractivity contribution in [3.63, 3.8) is 0 Å². The number of furan rings is 1. The summed E-state index contributed by atoms with van der Waals surface area (Å²) in [4.78, 5) is 20.5. The minimum absolute atomic E-state index is 0.294. The van der Waals surface area contributed by atoms with Crippen molar-refractivity contribution in [1.82, 2.24) is 9.97 Å². The Morgan fingerprint density at radius 1 is 1.21 bits per heavy atom. The van der Waals surface area contributed by atoms with Crippen molar-refractivity contribution >= 4 is 29.1 Å². The summed E-state index contributed by atoms with van der Waals surface area (Å²) in [6.45, 7) is 2.32. The maximum atomic E-state index is 12.3. The molecule has 122 valence electrons. The van der Waals surface area contributed by atoms with E-state index in [0.29, 0.717) is 28.8 Å². The van der Waals surface area contributed by atoms with Crippen LogP contribution in [0, 0.1) is 6.92 Å². The minimum atomic E-state index is -0.294. The van der Waals surface area contributed by atoms with Gasteiger partial charge in [0.25, 0.3) is 5.91 Å². The van der Waals surface area contributed by atoms with Gasteiger partial charge < -0.3 is 15.1 Å². The number of anilines is 2. The largest absolute Gasteiger partial charge is 0.467 e. The van der Waals surface area contributed by atoms with Crippen LogP contribution in [0.2, 0.25) is 5.02 Å². The Labute approximate surface area is 143 Å². The molecule has 7 heteroatoms. The molecule has 0 aliphatic rings. The highest BCUT2D eigenvalue weighted by Gasteiger charge is 2.10. The zero-order valence-electron chi connectivity index (χ0n) is 12.9. The summed E-state index contributed by atoms with van der Waals surface area (Å²) in [6.07, 6.45) is 4.53. The fourth-order valence-electron chi connectivity index (χ4n) is 2.05. The average Bonchev–Trinajstić information content (AvgIpc) is 3.11. The Hall–Kier alpha value is -2.86. The number of rotatable bonds is 5. The van der Waals surface area contributed by atoms with E-state index in [1.165, 1.54) is 12.4 Å². The normalized spacial score (nSPS) is 10.4. The molecule has 0 bridgehead atoms. The lowest BCUT2D eigenvalue weighted by molar-refractivity contribution is 0.102. The van der Waals surface area contributed by atoms with Gasteiger partial charge in [-0.2, -0.15) is 0 Å². The number of benzene rings is 1. The minimum Gasteiger partial charge on any atom is -0.467 e. The number of halogens is 1. The van der Waals surface area contributed by atoms with E-state index >= 15 is 0 Å². The van der Waals surface area contributed by atoms with Gasteiger partial charge in [-0.3, -0.25) is 4.79 Å². The van der Waals surface area contributed by atoms with Gasteiger partial charge in [0.2, 0.25) is 5.95 Å². The first-order valence-corrected chi connectivity index (χ1v) is 7.66. The molecular weight excluding hydrogens is 328 g/mol. The van der Waals surface area contributed by atoms with E-state index in [0.717, 1.165) is 11.3 Å². The molecule has 1 aromatic carbocycles. The smallest absolute Gasteiger partial charge is 0.258 e. The van der Waals surface area contributed by atoms with Crippen LogP contribution in [0.4, 0.5) is 11.6 Å². The molecule has 3 rings (SSSR count). The molecule has 0 saturated heterocycles. The molecule has 0 aliphatic carbocycles. The van der Waals surface area contributed by atoms with Crippen LogP contribution in [0.25, 0.3) is 0 Å². The van der Waals surface area contributed by atoms with Crippen LogP contribution in [0.15, 0.2) is 53.4 Å². The zero-order chi connectivity index (χ0) is 16.9. The van der Waals surface area contributed by atoms with Crippen LogP contribution in [0.5, 0.6) is 0 Å². The molecule has 2 heterocycles. The van der Waals surface area contributed by atoms with Crippen molar-refractivity contribution in [2.24, 2.45) is 0 Å². The summed E-state index contributed by atoms with van der Waals surface area (Å²) in [6, 6.07) is 9.00. The summed E-state index contributed by atoms with van der Waals surface area (Å²) >= 11 is 6.05. The quantitative estimate of drug-likeness (QED) is 0.735. The lowest BCUT2D eigenvalue weighted by Crippen LogP contribution is -2.14. The van der Waals surface area contributed by atoms with Gasteiger partial charge in [0, 0.05) is 23.1 Å². The Kier molecular flexibility index (Phi) is 4.77. The third kappa shape index (κ3) is 3.72.